The number of hydrogen-bond donors (Lipinski definition) is 3. The summed E-state index contributed by atoms with van der Waals surface area (Å²) in [6.07, 6.45) is 1.61. The molecule has 0 aliphatic carbocycles. The van der Waals surface area contributed by atoms with Gasteiger partial charge in [-0.1, -0.05) is 12.1 Å². The van der Waals surface area contributed by atoms with Crippen LogP contribution in [0, 0.1) is 0 Å². The number of carbonyl (C=O) groups excluding carboxylic acids is 2. The highest BCUT2D eigenvalue weighted by atomic mass is 16.5. The molecule has 1 aromatic carbocycles. The predicted octanol–water partition coefficient (Wildman–Crippen LogP) is 3.42. The molecular formula is C20H27N3O4. The molecule has 1 heterocycles. The topological polar surface area (TPSA) is 92.6 Å². The molecule has 0 aliphatic heterocycles. The average Bonchev–Trinajstić information content (AvgIpc) is 3.06. The molecule has 0 aliphatic rings. The zero-order chi connectivity index (χ0) is 19.9. The summed E-state index contributed by atoms with van der Waals surface area (Å²) in [5, 5.41) is 8.11. The molecule has 7 heteroatoms. The van der Waals surface area contributed by atoms with Crippen LogP contribution in [0.25, 0.3) is 0 Å². The van der Waals surface area contributed by atoms with Crippen molar-refractivity contribution in [1.82, 2.24) is 10.6 Å². The molecule has 3 amide bonds. The molecule has 146 valence electrons. The van der Waals surface area contributed by atoms with Crippen LogP contribution >= 0.6 is 0 Å². The quantitative estimate of drug-likeness (QED) is 0.691. The largest absolute Gasteiger partial charge is 0.467 e. The Morgan fingerprint density at radius 1 is 1.15 bits per heavy atom. The minimum Gasteiger partial charge on any atom is -0.467 e. The summed E-state index contributed by atoms with van der Waals surface area (Å²) >= 11 is 0. The summed E-state index contributed by atoms with van der Waals surface area (Å²) in [5.74, 6) is 0.360. The molecule has 1 unspecified atom stereocenters. The number of imide groups is 1. The molecular weight excluding hydrogens is 346 g/mol. The van der Waals surface area contributed by atoms with E-state index >= 15 is 0 Å². The third kappa shape index (κ3) is 7.53. The van der Waals surface area contributed by atoms with E-state index in [-0.39, 0.29) is 0 Å². The summed E-state index contributed by atoms with van der Waals surface area (Å²) in [6, 6.07) is 10.2. The first-order valence-corrected chi connectivity index (χ1v) is 8.81. The maximum absolute atomic E-state index is 12.2. The average molecular weight is 373 g/mol. The fourth-order valence-corrected chi connectivity index (χ4v) is 2.32. The van der Waals surface area contributed by atoms with Gasteiger partial charge in [-0.3, -0.25) is 10.1 Å². The Labute approximate surface area is 159 Å². The molecule has 1 atom stereocenters. The number of urea groups is 1. The van der Waals surface area contributed by atoms with Gasteiger partial charge in [-0.25, -0.2) is 4.79 Å². The third-order valence-corrected chi connectivity index (χ3v) is 3.52. The minimum atomic E-state index is -0.574. The zero-order valence-corrected chi connectivity index (χ0v) is 16.2. The van der Waals surface area contributed by atoms with Gasteiger partial charge >= 0.3 is 6.03 Å². The Morgan fingerprint density at radius 2 is 1.93 bits per heavy atom. The smallest absolute Gasteiger partial charge is 0.321 e. The van der Waals surface area contributed by atoms with E-state index in [1.807, 2.05) is 57.2 Å². The number of benzene rings is 1. The first kappa shape index (κ1) is 20.5. The second-order valence-corrected chi connectivity index (χ2v) is 7.33. The van der Waals surface area contributed by atoms with Crippen LogP contribution < -0.4 is 16.0 Å². The first-order valence-electron chi connectivity index (χ1n) is 8.81. The molecule has 1 aromatic heterocycles. The summed E-state index contributed by atoms with van der Waals surface area (Å²) < 4.78 is 10.8. The number of ether oxygens (including phenoxy) is 1. The van der Waals surface area contributed by atoms with Crippen molar-refractivity contribution in [1.29, 1.82) is 0 Å². The van der Waals surface area contributed by atoms with Crippen molar-refractivity contribution in [2.45, 2.75) is 52.5 Å². The Hall–Kier alpha value is -2.80. The van der Waals surface area contributed by atoms with Gasteiger partial charge in [0.1, 0.15) is 18.4 Å². The van der Waals surface area contributed by atoms with Crippen LogP contribution in [-0.2, 0) is 22.7 Å². The molecule has 7 nitrogen and oxygen atoms in total. The highest BCUT2D eigenvalue weighted by molar-refractivity contribution is 5.98. The molecule has 0 saturated heterocycles. The predicted molar refractivity (Wildman–Crippen MR) is 103 cm³/mol. The van der Waals surface area contributed by atoms with Crippen LogP contribution in [0.1, 0.15) is 39.0 Å². The van der Waals surface area contributed by atoms with E-state index < -0.39 is 23.5 Å². The van der Waals surface area contributed by atoms with Gasteiger partial charge in [0, 0.05) is 11.2 Å². The molecule has 0 radical (unpaired) electrons. The summed E-state index contributed by atoms with van der Waals surface area (Å²) in [7, 11) is 0. The van der Waals surface area contributed by atoms with Crippen LogP contribution in [0.4, 0.5) is 10.5 Å². The first-order chi connectivity index (χ1) is 12.7. The van der Waals surface area contributed by atoms with Crippen molar-refractivity contribution in [3.05, 3.63) is 54.0 Å². The highest BCUT2D eigenvalue weighted by Crippen LogP contribution is 2.14. The number of hydrogen-bond acceptors (Lipinski definition) is 5. The maximum atomic E-state index is 12.2. The van der Waals surface area contributed by atoms with E-state index in [1.165, 1.54) is 0 Å². The van der Waals surface area contributed by atoms with Crippen LogP contribution in [0.2, 0.25) is 0 Å². The van der Waals surface area contributed by atoms with Gasteiger partial charge in [0.15, 0.2) is 0 Å². The number of furan rings is 1. The Balaban J connectivity index is 1.83. The normalized spacial score (nSPS) is 12.3. The third-order valence-electron chi connectivity index (χ3n) is 3.52. The number of anilines is 1. The van der Waals surface area contributed by atoms with Crippen LogP contribution in [0.3, 0.4) is 0 Å². The summed E-state index contributed by atoms with van der Waals surface area (Å²) in [4.78, 5) is 24.0. The Morgan fingerprint density at radius 3 is 2.59 bits per heavy atom. The maximum Gasteiger partial charge on any atom is 0.321 e. The lowest BCUT2D eigenvalue weighted by Crippen LogP contribution is -2.51. The second kappa shape index (κ2) is 9.23. The van der Waals surface area contributed by atoms with E-state index in [0.29, 0.717) is 13.2 Å². The number of nitrogens with one attached hydrogen (secondary N) is 3. The van der Waals surface area contributed by atoms with Crippen LogP contribution in [0.5, 0.6) is 0 Å². The lowest BCUT2D eigenvalue weighted by Gasteiger charge is -2.21. The van der Waals surface area contributed by atoms with Crippen molar-refractivity contribution in [2.75, 3.05) is 5.32 Å². The standard InChI is InChI=1S/C20H27N3O4/c1-14(18(24)22-19(25)23-20(2,3)4)21-16-8-5-7-15(11-16)12-26-13-17-9-6-10-27-17/h5-11,14,21H,12-13H2,1-4H3,(H2,22,23,24,25). The summed E-state index contributed by atoms with van der Waals surface area (Å²) in [6.45, 7) is 8.05. The van der Waals surface area contributed by atoms with E-state index in [0.717, 1.165) is 17.0 Å². The molecule has 3 N–H and O–H groups in total. The van der Waals surface area contributed by atoms with E-state index in [1.54, 1.807) is 13.2 Å². The SMILES string of the molecule is CC(Nc1cccc(COCc2ccco2)c1)C(=O)NC(=O)NC(C)(C)C. The van der Waals surface area contributed by atoms with Crippen molar-refractivity contribution in [3.63, 3.8) is 0 Å². The van der Waals surface area contributed by atoms with Gasteiger partial charge in [-0.2, -0.15) is 0 Å². The van der Waals surface area contributed by atoms with Crippen molar-refractivity contribution < 1.29 is 18.7 Å². The van der Waals surface area contributed by atoms with Gasteiger partial charge in [0.05, 0.1) is 12.9 Å². The lowest BCUT2D eigenvalue weighted by molar-refractivity contribution is -0.120. The summed E-state index contributed by atoms with van der Waals surface area (Å²) in [5.41, 5.74) is 1.32. The van der Waals surface area contributed by atoms with Gasteiger partial charge in [0.25, 0.3) is 0 Å². The molecule has 0 bridgehead atoms. The fraction of sp³-hybridized carbons (Fsp3) is 0.400. The number of amides is 3. The number of carbonyl (C=O) groups is 2. The molecule has 0 saturated carbocycles. The molecule has 0 fully saturated rings. The molecule has 2 aromatic rings. The molecule has 27 heavy (non-hydrogen) atoms. The zero-order valence-electron chi connectivity index (χ0n) is 16.2. The highest BCUT2D eigenvalue weighted by Gasteiger charge is 2.19. The van der Waals surface area contributed by atoms with E-state index in [2.05, 4.69) is 16.0 Å². The number of rotatable bonds is 7. The van der Waals surface area contributed by atoms with Gasteiger partial charge in [-0.15, -0.1) is 0 Å². The molecule has 2 rings (SSSR count). The van der Waals surface area contributed by atoms with Gasteiger partial charge in [0.2, 0.25) is 5.91 Å². The van der Waals surface area contributed by atoms with Crippen molar-refractivity contribution in [3.8, 4) is 0 Å². The van der Waals surface area contributed by atoms with Crippen LogP contribution in [-0.4, -0.2) is 23.5 Å². The Bertz CT molecular complexity index is 751. The van der Waals surface area contributed by atoms with Gasteiger partial charge in [-0.05, 0) is 57.5 Å². The molecule has 0 spiro atoms. The monoisotopic (exact) mass is 373 g/mol. The second-order valence-electron chi connectivity index (χ2n) is 7.33. The minimum absolute atomic E-state index is 0.395. The lowest BCUT2D eigenvalue weighted by atomic mass is 10.1. The van der Waals surface area contributed by atoms with E-state index in [4.69, 9.17) is 9.15 Å². The van der Waals surface area contributed by atoms with Crippen molar-refractivity contribution in [2.24, 2.45) is 0 Å². The Kier molecular flexibility index (Phi) is 7.01. The van der Waals surface area contributed by atoms with E-state index in [9.17, 15) is 9.59 Å². The fourth-order valence-electron chi connectivity index (χ4n) is 2.32. The van der Waals surface area contributed by atoms with Gasteiger partial charge < -0.3 is 19.8 Å². The van der Waals surface area contributed by atoms with Crippen LogP contribution in [0.15, 0.2) is 47.1 Å². The van der Waals surface area contributed by atoms with Crippen molar-refractivity contribution >= 4 is 17.6 Å².